The Labute approximate surface area is 341 Å². The Morgan fingerprint density at radius 3 is 1.93 bits per heavy atom. The number of hydrogen-bond donors (Lipinski definition) is 5. The first-order valence-corrected chi connectivity index (χ1v) is 20.1. The summed E-state index contributed by atoms with van der Waals surface area (Å²) in [5.74, 6) is -4.94. The van der Waals surface area contributed by atoms with Crippen molar-refractivity contribution < 1.29 is 33.9 Å². The third-order valence-corrected chi connectivity index (χ3v) is 11.1. The molecule has 1 aromatic heterocycles. The minimum Gasteiger partial charge on any atom is -0.481 e. The van der Waals surface area contributed by atoms with Gasteiger partial charge in [-0.15, -0.1) is 11.3 Å². The number of anilines is 1. The first kappa shape index (κ1) is 41.2. The number of carboxylic acid groups (broad SMARTS) is 1. The quantitative estimate of drug-likeness (QED) is 0.123. The lowest BCUT2D eigenvalue weighted by Crippen LogP contribution is -2.57. The first-order chi connectivity index (χ1) is 28.0. The highest BCUT2D eigenvalue weighted by molar-refractivity contribution is 7.09. The fourth-order valence-electron chi connectivity index (χ4n) is 7.00. The van der Waals surface area contributed by atoms with Gasteiger partial charge in [0.2, 0.25) is 23.6 Å². The van der Waals surface area contributed by atoms with Crippen molar-refractivity contribution in [1.82, 2.24) is 16.0 Å². The molecule has 0 radical (unpaired) electrons. The molecule has 2 bridgehead atoms. The number of thiophene rings is 1. The van der Waals surface area contributed by atoms with Crippen molar-refractivity contribution in [2.75, 3.05) is 5.32 Å². The second kappa shape index (κ2) is 19.6. The number of nitrogens with one attached hydrogen (secondary N) is 4. The van der Waals surface area contributed by atoms with Gasteiger partial charge < -0.3 is 26.4 Å². The van der Waals surface area contributed by atoms with Crippen LogP contribution in [0.5, 0.6) is 0 Å². The monoisotopic (exact) mass is 798 g/mol. The van der Waals surface area contributed by atoms with Crippen LogP contribution in [0, 0.1) is 12.8 Å². The largest absolute Gasteiger partial charge is 0.481 e. The van der Waals surface area contributed by atoms with E-state index in [0.29, 0.717) is 11.3 Å². The van der Waals surface area contributed by atoms with Crippen molar-refractivity contribution >= 4 is 52.4 Å². The van der Waals surface area contributed by atoms with Gasteiger partial charge in [-0.3, -0.25) is 28.8 Å². The molecule has 0 saturated heterocycles. The average Bonchev–Trinajstić information content (AvgIpc) is 3.73. The summed E-state index contributed by atoms with van der Waals surface area (Å²) in [6, 6.07) is 31.6. The molecule has 3 heterocycles. The standard InChI is InChI=1S/C46H46N4O7S/c1-29-8-5-6-12-37(29)33-17-13-32(14-18-33)26-39-44(54)49-38(25-30-9-3-2-4-10-30)41(51)27-34(46(56)57)24-31-15-19-35(20-16-31)47-42(52)21-22-43(53)48-40(45(55)50-39)28-36-11-7-23-58-36/h2-20,23,34,38-40H,21-22,24-28H2,1H3,(H,47,52)(H,48,53)(H,49,54)(H,50,55)(H,56,57)/t34-,38-,39+,40-/m1/s1. The molecule has 2 aliphatic rings. The number of amides is 4. The smallest absolute Gasteiger partial charge is 0.307 e. The van der Waals surface area contributed by atoms with Gasteiger partial charge in [-0.2, -0.15) is 0 Å². The molecule has 0 fully saturated rings. The Balaban J connectivity index is 1.34. The lowest BCUT2D eigenvalue weighted by Gasteiger charge is -2.26. The van der Waals surface area contributed by atoms with Crippen LogP contribution in [0.3, 0.4) is 0 Å². The van der Waals surface area contributed by atoms with Crippen LogP contribution >= 0.6 is 11.3 Å². The number of aryl methyl sites for hydroxylation is 1. The van der Waals surface area contributed by atoms with Gasteiger partial charge in [-0.25, -0.2) is 0 Å². The molecule has 298 valence electrons. The van der Waals surface area contributed by atoms with Crippen LogP contribution in [0.1, 0.15) is 46.4 Å². The van der Waals surface area contributed by atoms with Gasteiger partial charge in [-0.05, 0) is 76.7 Å². The van der Waals surface area contributed by atoms with Gasteiger partial charge >= 0.3 is 5.97 Å². The predicted octanol–water partition coefficient (Wildman–Crippen LogP) is 5.84. The molecule has 4 amide bonds. The van der Waals surface area contributed by atoms with E-state index in [2.05, 4.69) is 21.3 Å². The number of rotatable bonds is 8. The van der Waals surface area contributed by atoms with Crippen LogP contribution in [0.15, 0.2) is 121 Å². The van der Waals surface area contributed by atoms with Crippen molar-refractivity contribution in [3.8, 4) is 11.1 Å². The summed E-state index contributed by atoms with van der Waals surface area (Å²) >= 11 is 1.41. The van der Waals surface area contributed by atoms with E-state index in [4.69, 9.17) is 0 Å². The summed E-state index contributed by atoms with van der Waals surface area (Å²) in [6.45, 7) is 2.03. The van der Waals surface area contributed by atoms with Crippen LogP contribution in [0.2, 0.25) is 0 Å². The van der Waals surface area contributed by atoms with Gasteiger partial charge in [-0.1, -0.05) is 97.1 Å². The van der Waals surface area contributed by atoms with Crippen LogP contribution in [0.4, 0.5) is 5.69 Å². The van der Waals surface area contributed by atoms with E-state index in [9.17, 15) is 33.9 Å². The summed E-state index contributed by atoms with van der Waals surface area (Å²) in [5.41, 5.74) is 5.72. The number of benzene rings is 4. The van der Waals surface area contributed by atoms with Gasteiger partial charge in [0.1, 0.15) is 12.1 Å². The zero-order valence-electron chi connectivity index (χ0n) is 32.1. The number of Topliss-reactive ketones (excluding diaryl/α,β-unsaturated/α-hetero) is 1. The SMILES string of the molecule is Cc1ccccc1-c1ccc(C[C@@H]2NC(=O)[C@@H](Cc3cccs3)NC(=O)CCC(=O)Nc3ccc(cc3)C[C@@H](C(=O)O)CC(=O)[C@@H](Cc3ccccc3)NC2=O)cc1. The lowest BCUT2D eigenvalue weighted by atomic mass is 9.90. The molecule has 4 aromatic carbocycles. The summed E-state index contributed by atoms with van der Waals surface area (Å²) in [5, 5.41) is 23.4. The third kappa shape index (κ3) is 11.6. The maximum absolute atomic E-state index is 14.5. The van der Waals surface area contributed by atoms with Crippen LogP contribution < -0.4 is 21.3 Å². The highest BCUT2D eigenvalue weighted by Crippen LogP contribution is 2.24. The Bertz CT molecular complexity index is 2220. The van der Waals surface area contributed by atoms with E-state index in [-0.39, 0.29) is 44.9 Å². The summed E-state index contributed by atoms with van der Waals surface area (Å²) in [7, 11) is 0. The van der Waals surface area contributed by atoms with Crippen LogP contribution in [-0.4, -0.2) is 58.6 Å². The van der Waals surface area contributed by atoms with Gasteiger partial charge in [0.05, 0.1) is 12.0 Å². The first-order valence-electron chi connectivity index (χ1n) is 19.3. The molecule has 0 spiro atoms. The fourth-order valence-corrected chi connectivity index (χ4v) is 7.75. The minimum atomic E-state index is -1.20. The van der Waals surface area contributed by atoms with E-state index >= 15 is 0 Å². The molecule has 11 nitrogen and oxygen atoms in total. The van der Waals surface area contributed by atoms with Crippen molar-refractivity contribution in [2.45, 2.75) is 70.0 Å². The molecular formula is C46H46N4O7S. The summed E-state index contributed by atoms with van der Waals surface area (Å²) < 4.78 is 0. The van der Waals surface area contributed by atoms with Crippen molar-refractivity contribution in [2.24, 2.45) is 5.92 Å². The van der Waals surface area contributed by atoms with Crippen molar-refractivity contribution in [1.29, 1.82) is 0 Å². The molecule has 2 aliphatic heterocycles. The number of ketones is 1. The Morgan fingerprint density at radius 2 is 1.26 bits per heavy atom. The summed E-state index contributed by atoms with van der Waals surface area (Å²) in [4.78, 5) is 82.2. The maximum atomic E-state index is 14.5. The fraction of sp³-hybridized carbons (Fsp3) is 0.261. The topological polar surface area (TPSA) is 171 Å². The summed E-state index contributed by atoms with van der Waals surface area (Å²) in [6.07, 6.45) is -0.406. The molecular weight excluding hydrogens is 753 g/mol. The van der Waals surface area contributed by atoms with E-state index in [0.717, 1.165) is 32.7 Å². The van der Waals surface area contributed by atoms with E-state index in [1.165, 1.54) is 11.3 Å². The molecule has 0 saturated carbocycles. The number of carbonyl (C=O) groups excluding carboxylic acids is 5. The molecule has 7 rings (SSSR count). The van der Waals surface area contributed by atoms with Crippen molar-refractivity contribution in [3.05, 3.63) is 148 Å². The minimum absolute atomic E-state index is 0.0320. The Hall–Kier alpha value is -6.40. The number of aliphatic carboxylic acids is 1. The molecule has 58 heavy (non-hydrogen) atoms. The zero-order valence-corrected chi connectivity index (χ0v) is 32.9. The Kier molecular flexibility index (Phi) is 14.0. The molecule has 4 atom stereocenters. The predicted molar refractivity (Wildman–Crippen MR) is 223 cm³/mol. The van der Waals surface area contributed by atoms with Gasteiger partial charge in [0, 0.05) is 42.7 Å². The van der Waals surface area contributed by atoms with E-state index < -0.39 is 59.4 Å². The molecule has 0 aliphatic carbocycles. The maximum Gasteiger partial charge on any atom is 0.307 e. The Morgan fingerprint density at radius 1 is 0.638 bits per heavy atom. The highest BCUT2D eigenvalue weighted by Gasteiger charge is 2.32. The number of carbonyl (C=O) groups is 6. The second-order valence-corrected chi connectivity index (χ2v) is 15.6. The average molecular weight is 799 g/mol. The lowest BCUT2D eigenvalue weighted by molar-refractivity contribution is -0.144. The van der Waals surface area contributed by atoms with Crippen LogP contribution in [0.25, 0.3) is 11.1 Å². The molecule has 5 aromatic rings. The second-order valence-electron chi connectivity index (χ2n) is 14.6. The van der Waals surface area contributed by atoms with Crippen LogP contribution in [-0.2, 0) is 54.5 Å². The zero-order chi connectivity index (χ0) is 41.0. The normalized spacial score (nSPS) is 19.9. The molecule has 0 unspecified atom stereocenters. The van der Waals surface area contributed by atoms with E-state index in [1.54, 1.807) is 24.3 Å². The molecule has 5 N–H and O–H groups in total. The number of carboxylic acids is 1. The van der Waals surface area contributed by atoms with Gasteiger partial charge in [0.25, 0.3) is 0 Å². The van der Waals surface area contributed by atoms with Gasteiger partial charge in [0.15, 0.2) is 5.78 Å². The third-order valence-electron chi connectivity index (χ3n) is 10.2. The number of fused-ring (bicyclic) bond motifs is 18. The van der Waals surface area contributed by atoms with E-state index in [1.807, 2.05) is 103 Å². The van der Waals surface area contributed by atoms with Crippen molar-refractivity contribution in [3.63, 3.8) is 0 Å². The number of hydrogen-bond acceptors (Lipinski definition) is 7. The molecule has 12 heteroatoms. The highest BCUT2D eigenvalue weighted by atomic mass is 32.1.